The summed E-state index contributed by atoms with van der Waals surface area (Å²) in [7, 11) is 0. The van der Waals surface area contributed by atoms with E-state index in [0.717, 1.165) is 0 Å². The van der Waals surface area contributed by atoms with Crippen LogP contribution in [0.1, 0.15) is 33.4 Å². The third kappa shape index (κ3) is 3.48. The maximum absolute atomic E-state index is 3.20. The van der Waals surface area contributed by atoms with Crippen molar-refractivity contribution < 1.29 is 0 Å². The van der Waals surface area contributed by atoms with E-state index in [2.05, 4.69) is 114 Å². The molecule has 0 aliphatic rings. The van der Waals surface area contributed by atoms with Gasteiger partial charge in [-0.2, -0.15) is 0 Å². The van der Waals surface area contributed by atoms with Gasteiger partial charge >= 0.3 is 189 Å². The summed E-state index contributed by atoms with van der Waals surface area (Å²) in [6, 6.07) is 25.8. The number of aryl methyl sites for hydroxylation is 6. The molecule has 0 nitrogen and oxygen atoms in total. The molecule has 0 bridgehead atoms. The molecule has 3 aromatic carbocycles. The van der Waals surface area contributed by atoms with Crippen molar-refractivity contribution in [1.82, 2.24) is 0 Å². The van der Waals surface area contributed by atoms with Gasteiger partial charge in [0.1, 0.15) is 0 Å². The Labute approximate surface area is 188 Å². The molecule has 0 aliphatic heterocycles. The molecule has 1 aromatic heterocycles. The van der Waals surface area contributed by atoms with Crippen LogP contribution in [0.5, 0.6) is 0 Å². The van der Waals surface area contributed by atoms with Crippen LogP contribution in [0.4, 0.5) is 0 Å². The van der Waals surface area contributed by atoms with Crippen LogP contribution in [0.25, 0.3) is 0 Å². The summed E-state index contributed by atoms with van der Waals surface area (Å²) in [6.45, 7) is 13.6. The summed E-state index contributed by atoms with van der Waals surface area (Å²) in [6.07, 6.45) is 0. The number of thiophene rings is 1. The average molecular weight is 471 g/mol. The molecule has 0 aliphatic carbocycles. The van der Waals surface area contributed by atoms with Gasteiger partial charge in [0, 0.05) is 0 Å². The summed E-state index contributed by atoms with van der Waals surface area (Å²) in [5.41, 5.74) is 8.27. The van der Waals surface area contributed by atoms with E-state index in [1.165, 1.54) is 33.4 Å². The van der Waals surface area contributed by atoms with Crippen LogP contribution < -0.4 is 16.9 Å². The Morgan fingerprint density at radius 3 is 1.27 bits per heavy atom. The second kappa shape index (κ2) is 8.21. The predicted molar refractivity (Wildman–Crippen MR) is 136 cm³/mol. The molecule has 30 heavy (non-hydrogen) atoms. The van der Waals surface area contributed by atoms with Crippen LogP contribution in [0, 0.1) is 41.5 Å². The molecule has 2 heteroatoms. The number of rotatable bonds is 4. The van der Waals surface area contributed by atoms with Crippen LogP contribution in [-0.2, 0) is 0 Å². The zero-order valence-corrected chi connectivity index (χ0v) is 21.8. The fourth-order valence-corrected chi connectivity index (χ4v) is 19.9. The van der Waals surface area contributed by atoms with Crippen LogP contribution in [0.2, 0.25) is 0 Å². The van der Waals surface area contributed by atoms with Gasteiger partial charge in [0.2, 0.25) is 0 Å². The van der Waals surface area contributed by atoms with Gasteiger partial charge in [0.25, 0.3) is 0 Å². The van der Waals surface area contributed by atoms with Crippen molar-refractivity contribution in [3.8, 4) is 0 Å². The normalized spacial score (nSPS) is 11.7. The van der Waals surface area contributed by atoms with Crippen molar-refractivity contribution in [2.75, 3.05) is 0 Å². The summed E-state index contributed by atoms with van der Waals surface area (Å²) >= 11 is -1.26. The topological polar surface area (TPSA) is 0 Å². The van der Waals surface area contributed by atoms with Crippen molar-refractivity contribution in [2.24, 2.45) is 0 Å². The van der Waals surface area contributed by atoms with Gasteiger partial charge < -0.3 is 0 Å². The molecule has 4 aromatic rings. The summed E-state index contributed by atoms with van der Waals surface area (Å²) in [5, 5.41) is 2.26. The molecular weight excluding hydrogens is 441 g/mol. The Balaban J connectivity index is 2.28. The fraction of sp³-hybridized carbons (Fsp3) is 0.214. The summed E-state index contributed by atoms with van der Waals surface area (Å²) in [4.78, 5) is 0. The van der Waals surface area contributed by atoms with Gasteiger partial charge in [-0.05, 0) is 0 Å². The van der Waals surface area contributed by atoms with Gasteiger partial charge in [-0.15, -0.1) is 0 Å². The molecule has 0 N–H and O–H groups in total. The first-order valence-electron chi connectivity index (χ1n) is 10.6. The molecule has 0 atom stereocenters. The van der Waals surface area contributed by atoms with Gasteiger partial charge in [-0.1, -0.05) is 0 Å². The summed E-state index contributed by atoms with van der Waals surface area (Å²) < 4.78 is 6.27. The molecule has 4 rings (SSSR count). The zero-order valence-electron chi connectivity index (χ0n) is 18.8. The Bertz CT molecular complexity index is 1080. The number of benzene rings is 3. The van der Waals surface area contributed by atoms with Crippen molar-refractivity contribution in [3.63, 3.8) is 0 Å². The first-order valence-corrected chi connectivity index (χ1v) is 15.7. The van der Waals surface area contributed by atoms with Gasteiger partial charge in [0.05, 0.1) is 0 Å². The van der Waals surface area contributed by atoms with E-state index in [4.69, 9.17) is 0 Å². The minimum atomic E-state index is -3.20. The molecule has 0 saturated heterocycles. The van der Waals surface area contributed by atoms with Crippen molar-refractivity contribution in [1.29, 1.82) is 0 Å². The van der Waals surface area contributed by atoms with E-state index in [9.17, 15) is 0 Å². The van der Waals surface area contributed by atoms with Crippen molar-refractivity contribution >= 4 is 41.5 Å². The van der Waals surface area contributed by atoms with Crippen molar-refractivity contribution in [2.45, 2.75) is 41.5 Å². The molecule has 0 radical (unpaired) electrons. The molecule has 152 valence electrons. The van der Waals surface area contributed by atoms with E-state index in [0.29, 0.717) is 0 Å². The predicted octanol–water partition coefficient (Wildman–Crippen LogP) is 4.98. The average Bonchev–Trinajstić information content (AvgIpc) is 3.25. The Morgan fingerprint density at radius 2 is 0.933 bits per heavy atom. The monoisotopic (exact) mass is 472 g/mol. The molecule has 0 amide bonds. The minimum absolute atomic E-state index is 1.35. The number of hydrogen-bond donors (Lipinski definition) is 0. The quantitative estimate of drug-likeness (QED) is 0.369. The molecule has 0 unspecified atom stereocenters. The van der Waals surface area contributed by atoms with Crippen molar-refractivity contribution in [3.05, 3.63) is 105 Å². The zero-order chi connectivity index (χ0) is 21.5. The Morgan fingerprint density at radius 1 is 0.533 bits per heavy atom. The van der Waals surface area contributed by atoms with Crippen LogP contribution in [0.3, 0.4) is 0 Å². The van der Waals surface area contributed by atoms with Crippen LogP contribution in [-0.4, -0.2) is 13.3 Å². The molecule has 0 spiro atoms. The number of hydrogen-bond acceptors (Lipinski definition) is 1. The SMILES string of the molecule is Cc1ccc(C)[c]([Ge]([c]2cccs2)([c]2cc(C)ccc2C)[c]2cc(C)ccc2C)c1. The van der Waals surface area contributed by atoms with Gasteiger partial charge in [-0.25, -0.2) is 0 Å². The van der Waals surface area contributed by atoms with E-state index < -0.39 is 13.3 Å². The first kappa shape index (κ1) is 21.1. The van der Waals surface area contributed by atoms with Crippen LogP contribution >= 0.6 is 11.3 Å². The first-order chi connectivity index (χ1) is 14.3. The fourth-order valence-electron chi connectivity index (χ4n) is 4.74. The van der Waals surface area contributed by atoms with E-state index in [-0.39, 0.29) is 0 Å². The van der Waals surface area contributed by atoms with Gasteiger partial charge in [0.15, 0.2) is 0 Å². The molecule has 0 saturated carbocycles. The Hall–Kier alpha value is -2.10. The van der Waals surface area contributed by atoms with E-state index in [1.54, 1.807) is 16.9 Å². The van der Waals surface area contributed by atoms with Gasteiger partial charge in [-0.3, -0.25) is 0 Å². The standard InChI is InChI=1S/C28H30GeS/c1-19-9-12-22(4)25(16-19)29(28-8-7-15-30-28,26-17-20(2)10-13-23(26)5)27-18-21(3)11-14-24(27)6/h7-18H,1-6H3. The third-order valence-electron chi connectivity index (χ3n) is 6.28. The van der Waals surface area contributed by atoms with E-state index >= 15 is 0 Å². The summed E-state index contributed by atoms with van der Waals surface area (Å²) in [5.74, 6) is 0. The van der Waals surface area contributed by atoms with E-state index in [1.807, 2.05) is 11.3 Å². The molecule has 0 fully saturated rings. The second-order valence-corrected chi connectivity index (χ2v) is 18.1. The maximum atomic E-state index is 2.48. The molecule has 1 heterocycles. The Kier molecular flexibility index (Phi) is 5.78. The second-order valence-electron chi connectivity index (χ2n) is 8.68. The third-order valence-corrected chi connectivity index (χ3v) is 19.7. The van der Waals surface area contributed by atoms with Crippen LogP contribution in [0.15, 0.2) is 72.1 Å². The molecular formula is C28H30GeS.